The summed E-state index contributed by atoms with van der Waals surface area (Å²) in [5.41, 5.74) is 5.21. The van der Waals surface area contributed by atoms with E-state index in [2.05, 4.69) is 12.6 Å². The molecule has 0 aliphatic carbocycles. The van der Waals surface area contributed by atoms with Gasteiger partial charge in [-0.05, 0) is 39.2 Å². The molecule has 2 rings (SSSR count). The average Bonchev–Trinajstić information content (AvgIpc) is 2.61. The van der Waals surface area contributed by atoms with Gasteiger partial charge >= 0.3 is 7.12 Å². The molecule has 1 aliphatic heterocycles. The standard InChI is InChI=1S/C15H20BF2NO2S/c1-14(2)15(3,4)21-16(20-14)10(8-22)5-9-6-13(19)12(18)7-11(9)17/h5-7,22H,8,19H2,1-4H3. The monoisotopic (exact) mass is 327 g/mol. The molecule has 1 aromatic rings. The molecule has 0 saturated carbocycles. The van der Waals surface area contributed by atoms with Crippen LogP contribution in [0.5, 0.6) is 0 Å². The van der Waals surface area contributed by atoms with Crippen molar-refractivity contribution in [3.8, 4) is 0 Å². The Labute approximate surface area is 135 Å². The van der Waals surface area contributed by atoms with Crippen molar-refractivity contribution in [3.05, 3.63) is 34.8 Å². The normalized spacial score (nSPS) is 20.5. The predicted molar refractivity (Wildman–Crippen MR) is 88.7 cm³/mol. The quantitative estimate of drug-likeness (QED) is 0.507. The van der Waals surface area contributed by atoms with Crippen LogP contribution in [-0.4, -0.2) is 24.1 Å². The number of nitrogens with two attached hydrogens (primary N) is 1. The van der Waals surface area contributed by atoms with Crippen LogP contribution in [0.3, 0.4) is 0 Å². The second-order valence-electron chi connectivity index (χ2n) is 6.36. The Kier molecular flexibility index (Phi) is 4.62. The van der Waals surface area contributed by atoms with Crippen molar-refractivity contribution < 1.29 is 18.1 Å². The van der Waals surface area contributed by atoms with E-state index in [9.17, 15) is 8.78 Å². The highest BCUT2D eigenvalue weighted by Gasteiger charge is 2.52. The number of hydrogen-bond donors (Lipinski definition) is 2. The molecule has 0 spiro atoms. The molecule has 0 radical (unpaired) electrons. The predicted octanol–water partition coefficient (Wildman–Crippen LogP) is 3.49. The van der Waals surface area contributed by atoms with Crippen LogP contribution in [0, 0.1) is 11.6 Å². The largest absolute Gasteiger partial charge is 0.491 e. The third-order valence-corrected chi connectivity index (χ3v) is 4.56. The summed E-state index contributed by atoms with van der Waals surface area (Å²) in [5, 5.41) is 0. The summed E-state index contributed by atoms with van der Waals surface area (Å²) in [7, 11) is -0.631. The molecule has 1 aromatic carbocycles. The van der Waals surface area contributed by atoms with Crippen LogP contribution in [0.15, 0.2) is 17.6 Å². The van der Waals surface area contributed by atoms with E-state index in [1.807, 2.05) is 27.7 Å². The van der Waals surface area contributed by atoms with Crippen LogP contribution >= 0.6 is 12.6 Å². The van der Waals surface area contributed by atoms with E-state index < -0.39 is 30.0 Å². The zero-order valence-corrected chi connectivity index (χ0v) is 14.0. The van der Waals surface area contributed by atoms with E-state index in [1.54, 1.807) is 6.08 Å². The van der Waals surface area contributed by atoms with Crippen LogP contribution in [0.4, 0.5) is 14.5 Å². The highest BCUT2D eigenvalue weighted by atomic mass is 32.1. The molecular weight excluding hydrogens is 307 g/mol. The van der Waals surface area contributed by atoms with Crippen molar-refractivity contribution in [1.82, 2.24) is 0 Å². The summed E-state index contributed by atoms with van der Waals surface area (Å²) in [6, 6.07) is 2.01. The van der Waals surface area contributed by atoms with Gasteiger partial charge in [-0.3, -0.25) is 0 Å². The molecule has 0 bridgehead atoms. The molecule has 120 valence electrons. The number of hydrogen-bond acceptors (Lipinski definition) is 4. The lowest BCUT2D eigenvalue weighted by molar-refractivity contribution is 0.00578. The van der Waals surface area contributed by atoms with Gasteiger partial charge in [0.1, 0.15) is 11.6 Å². The Morgan fingerprint density at radius 1 is 1.18 bits per heavy atom. The number of nitrogen functional groups attached to an aromatic ring is 1. The summed E-state index contributed by atoms with van der Waals surface area (Å²) in [5.74, 6) is -1.16. The van der Waals surface area contributed by atoms with Crippen molar-refractivity contribution >= 4 is 31.5 Å². The molecule has 1 saturated heterocycles. The van der Waals surface area contributed by atoms with Gasteiger partial charge in [-0.25, -0.2) is 8.78 Å². The van der Waals surface area contributed by atoms with Crippen LogP contribution in [-0.2, 0) is 9.31 Å². The first-order chi connectivity index (χ1) is 10.1. The molecule has 0 atom stereocenters. The fraction of sp³-hybridized carbons (Fsp3) is 0.467. The number of benzene rings is 1. The molecule has 1 heterocycles. The minimum atomic E-state index is -0.780. The Morgan fingerprint density at radius 3 is 2.23 bits per heavy atom. The van der Waals surface area contributed by atoms with Crippen molar-refractivity contribution in [1.29, 1.82) is 0 Å². The van der Waals surface area contributed by atoms with Crippen LogP contribution in [0.2, 0.25) is 0 Å². The number of anilines is 1. The van der Waals surface area contributed by atoms with E-state index in [-0.39, 0.29) is 11.3 Å². The van der Waals surface area contributed by atoms with Crippen molar-refractivity contribution in [2.24, 2.45) is 0 Å². The third-order valence-electron chi connectivity index (χ3n) is 4.20. The zero-order chi connectivity index (χ0) is 16.7. The van der Waals surface area contributed by atoms with Crippen LogP contribution in [0.25, 0.3) is 6.08 Å². The summed E-state index contributed by atoms with van der Waals surface area (Å²) in [4.78, 5) is 0. The van der Waals surface area contributed by atoms with Gasteiger partial charge in [0, 0.05) is 17.4 Å². The second kappa shape index (κ2) is 5.87. The maximum Gasteiger partial charge on any atom is 0.491 e. The molecule has 2 N–H and O–H groups in total. The lowest BCUT2D eigenvalue weighted by Gasteiger charge is -2.32. The first kappa shape index (κ1) is 17.3. The number of halogens is 2. The second-order valence-corrected chi connectivity index (χ2v) is 6.68. The molecule has 0 unspecified atom stereocenters. The van der Waals surface area contributed by atoms with Gasteiger partial charge in [-0.2, -0.15) is 12.6 Å². The molecule has 3 nitrogen and oxygen atoms in total. The molecule has 0 aromatic heterocycles. The van der Waals surface area contributed by atoms with Gasteiger partial charge in [0.15, 0.2) is 0 Å². The topological polar surface area (TPSA) is 44.5 Å². The Hall–Kier alpha value is -1.05. The minimum absolute atomic E-state index is 0.111. The van der Waals surface area contributed by atoms with Gasteiger partial charge in [0.25, 0.3) is 0 Å². The van der Waals surface area contributed by atoms with E-state index >= 15 is 0 Å². The third kappa shape index (κ3) is 3.16. The summed E-state index contributed by atoms with van der Waals surface area (Å²) in [6.45, 7) is 7.72. The Morgan fingerprint density at radius 2 is 1.73 bits per heavy atom. The molecule has 7 heteroatoms. The lowest BCUT2D eigenvalue weighted by atomic mass is 9.78. The molecule has 1 fully saturated rings. The van der Waals surface area contributed by atoms with Gasteiger partial charge in [-0.15, -0.1) is 0 Å². The molecule has 1 aliphatic rings. The Bertz CT molecular complexity index is 604. The van der Waals surface area contributed by atoms with E-state index in [1.165, 1.54) is 6.07 Å². The summed E-state index contributed by atoms with van der Waals surface area (Å²) >= 11 is 4.26. The van der Waals surface area contributed by atoms with Gasteiger partial charge in [-0.1, -0.05) is 6.08 Å². The van der Waals surface area contributed by atoms with Crippen molar-refractivity contribution in [3.63, 3.8) is 0 Å². The van der Waals surface area contributed by atoms with Crippen LogP contribution in [0.1, 0.15) is 33.3 Å². The fourth-order valence-electron chi connectivity index (χ4n) is 2.08. The highest BCUT2D eigenvalue weighted by molar-refractivity contribution is 7.80. The van der Waals surface area contributed by atoms with Gasteiger partial charge in [0.05, 0.1) is 16.9 Å². The minimum Gasteiger partial charge on any atom is -0.400 e. The first-order valence-corrected chi connectivity index (χ1v) is 7.62. The summed E-state index contributed by atoms with van der Waals surface area (Å²) in [6.07, 6.45) is 1.54. The Balaban J connectivity index is 2.36. The van der Waals surface area contributed by atoms with Crippen LogP contribution < -0.4 is 5.73 Å². The van der Waals surface area contributed by atoms with E-state index in [0.29, 0.717) is 11.2 Å². The smallest absolute Gasteiger partial charge is 0.400 e. The average molecular weight is 327 g/mol. The maximum atomic E-state index is 13.9. The van der Waals surface area contributed by atoms with Crippen molar-refractivity contribution in [2.45, 2.75) is 38.9 Å². The van der Waals surface area contributed by atoms with Crippen molar-refractivity contribution in [2.75, 3.05) is 11.5 Å². The first-order valence-electron chi connectivity index (χ1n) is 6.99. The maximum absolute atomic E-state index is 13.9. The lowest BCUT2D eigenvalue weighted by Crippen LogP contribution is -2.41. The zero-order valence-electron chi connectivity index (χ0n) is 13.1. The number of thiol groups is 1. The highest BCUT2D eigenvalue weighted by Crippen LogP contribution is 2.39. The summed E-state index contributed by atoms with van der Waals surface area (Å²) < 4.78 is 38.9. The number of rotatable bonds is 3. The molecule has 0 amide bonds. The molecule has 22 heavy (non-hydrogen) atoms. The molecular formula is C15H20BF2NO2S. The van der Waals surface area contributed by atoms with E-state index in [0.717, 1.165) is 6.07 Å². The van der Waals surface area contributed by atoms with Gasteiger partial charge in [0.2, 0.25) is 0 Å². The van der Waals surface area contributed by atoms with E-state index in [4.69, 9.17) is 15.0 Å². The SMILES string of the molecule is CC1(C)OB(C(=Cc2cc(N)c(F)cc2F)CS)OC1(C)C. The fourth-order valence-corrected chi connectivity index (χ4v) is 2.32. The van der Waals surface area contributed by atoms with Gasteiger partial charge < -0.3 is 15.0 Å².